The van der Waals surface area contributed by atoms with Crippen molar-refractivity contribution < 1.29 is 19.1 Å². The fraction of sp³-hybridized carbons (Fsp3) is 0.333. The second-order valence-electron chi connectivity index (χ2n) is 7.13. The number of likely N-dealkylation sites (tertiary alicyclic amines) is 1. The lowest BCUT2D eigenvalue weighted by Gasteiger charge is -2.24. The third-order valence-corrected chi connectivity index (χ3v) is 4.79. The summed E-state index contributed by atoms with van der Waals surface area (Å²) in [4.78, 5) is 28.9. The van der Waals surface area contributed by atoms with Crippen molar-refractivity contribution in [2.24, 2.45) is 0 Å². The van der Waals surface area contributed by atoms with Crippen molar-refractivity contribution in [1.82, 2.24) is 9.80 Å². The Labute approximate surface area is 158 Å². The standard InChI is InChI=1S/C21H24N2O4/c1-13-7-8-14(2)15(12-13)19(24)17-18(16-6-5-11-27-16)23(10-9-22(3)4)21(26)20(17)25/h5-8,11-12,18,24H,9-10H2,1-4H3/b19-17-. The quantitative estimate of drug-likeness (QED) is 0.499. The Kier molecular flexibility index (Phi) is 5.19. The highest BCUT2D eigenvalue weighted by atomic mass is 16.3. The normalized spacial score (nSPS) is 19.3. The van der Waals surface area contributed by atoms with Crippen LogP contribution in [0.1, 0.15) is 28.5 Å². The summed E-state index contributed by atoms with van der Waals surface area (Å²) in [5.74, 6) is -1.01. The van der Waals surface area contributed by atoms with Crippen LogP contribution in [0.25, 0.3) is 5.76 Å². The van der Waals surface area contributed by atoms with E-state index in [1.165, 1.54) is 11.2 Å². The molecule has 1 amide bonds. The SMILES string of the molecule is Cc1ccc(C)c(/C(O)=C2/C(=O)C(=O)N(CCN(C)C)C2c2ccco2)c1. The number of benzene rings is 1. The van der Waals surface area contributed by atoms with E-state index in [9.17, 15) is 14.7 Å². The smallest absolute Gasteiger partial charge is 0.295 e. The Morgan fingerprint density at radius 2 is 1.96 bits per heavy atom. The van der Waals surface area contributed by atoms with E-state index >= 15 is 0 Å². The topological polar surface area (TPSA) is 74.0 Å². The maximum atomic E-state index is 12.8. The number of amides is 1. The Hall–Kier alpha value is -2.86. The summed E-state index contributed by atoms with van der Waals surface area (Å²) in [6, 6.07) is 8.33. The Morgan fingerprint density at radius 3 is 2.59 bits per heavy atom. The van der Waals surface area contributed by atoms with Gasteiger partial charge in [0, 0.05) is 18.7 Å². The highest BCUT2D eigenvalue weighted by molar-refractivity contribution is 6.46. The third-order valence-electron chi connectivity index (χ3n) is 4.79. The van der Waals surface area contributed by atoms with Crippen molar-refractivity contribution in [2.45, 2.75) is 19.9 Å². The number of aliphatic hydroxyl groups excluding tert-OH is 1. The molecular weight excluding hydrogens is 344 g/mol. The molecular formula is C21H24N2O4. The minimum atomic E-state index is -0.736. The number of ketones is 1. The molecule has 1 fully saturated rings. The molecule has 6 nitrogen and oxygen atoms in total. The first kappa shape index (κ1) is 18.9. The van der Waals surface area contributed by atoms with Crippen LogP contribution in [0.2, 0.25) is 0 Å². The van der Waals surface area contributed by atoms with Gasteiger partial charge in [-0.1, -0.05) is 17.7 Å². The van der Waals surface area contributed by atoms with Gasteiger partial charge in [-0.05, 0) is 51.7 Å². The molecule has 0 radical (unpaired) electrons. The number of carbonyl (C=O) groups is 2. The van der Waals surface area contributed by atoms with Gasteiger partial charge in [-0.3, -0.25) is 9.59 Å². The molecule has 0 bridgehead atoms. The zero-order valence-corrected chi connectivity index (χ0v) is 16.0. The number of aliphatic hydroxyl groups is 1. The summed E-state index contributed by atoms with van der Waals surface area (Å²) in [6.07, 6.45) is 1.50. The van der Waals surface area contributed by atoms with Gasteiger partial charge in [0.1, 0.15) is 17.6 Å². The first-order valence-corrected chi connectivity index (χ1v) is 8.85. The molecule has 1 aliphatic heterocycles. The Balaban J connectivity index is 2.15. The van der Waals surface area contributed by atoms with Crippen molar-refractivity contribution in [3.63, 3.8) is 0 Å². The largest absolute Gasteiger partial charge is 0.507 e. The highest BCUT2D eigenvalue weighted by Crippen LogP contribution is 2.39. The van der Waals surface area contributed by atoms with Gasteiger partial charge >= 0.3 is 0 Å². The van der Waals surface area contributed by atoms with Gasteiger partial charge in [-0.2, -0.15) is 0 Å². The number of nitrogens with zero attached hydrogens (tertiary/aromatic N) is 2. The zero-order chi connectivity index (χ0) is 19.7. The highest BCUT2D eigenvalue weighted by Gasteiger charge is 2.47. The minimum absolute atomic E-state index is 0.0717. The first-order chi connectivity index (χ1) is 12.8. The monoisotopic (exact) mass is 368 g/mol. The minimum Gasteiger partial charge on any atom is -0.507 e. The molecule has 0 saturated carbocycles. The molecule has 1 atom stereocenters. The third kappa shape index (κ3) is 3.53. The van der Waals surface area contributed by atoms with Crippen molar-refractivity contribution >= 4 is 17.4 Å². The van der Waals surface area contributed by atoms with Gasteiger partial charge in [0.15, 0.2) is 0 Å². The fourth-order valence-corrected chi connectivity index (χ4v) is 3.30. The van der Waals surface area contributed by atoms with E-state index in [0.29, 0.717) is 24.4 Å². The van der Waals surface area contributed by atoms with E-state index in [4.69, 9.17) is 4.42 Å². The molecule has 142 valence electrons. The van der Waals surface area contributed by atoms with Crippen molar-refractivity contribution in [2.75, 3.05) is 27.2 Å². The summed E-state index contributed by atoms with van der Waals surface area (Å²) in [7, 11) is 3.79. The molecule has 1 aromatic heterocycles. The first-order valence-electron chi connectivity index (χ1n) is 8.85. The number of hydrogen-bond acceptors (Lipinski definition) is 5. The molecule has 6 heteroatoms. The van der Waals surface area contributed by atoms with Gasteiger partial charge in [0.2, 0.25) is 0 Å². The second-order valence-corrected chi connectivity index (χ2v) is 7.13. The van der Waals surface area contributed by atoms with Crippen molar-refractivity contribution in [3.05, 3.63) is 64.6 Å². The molecule has 1 unspecified atom stereocenters. The van der Waals surface area contributed by atoms with Crippen LogP contribution in [-0.2, 0) is 9.59 Å². The summed E-state index contributed by atoms with van der Waals surface area (Å²) >= 11 is 0. The van der Waals surface area contributed by atoms with Crippen LogP contribution < -0.4 is 0 Å². The Morgan fingerprint density at radius 1 is 1.22 bits per heavy atom. The average molecular weight is 368 g/mol. The predicted octanol–water partition coefficient (Wildman–Crippen LogP) is 2.88. The summed E-state index contributed by atoms with van der Waals surface area (Å²) in [5, 5.41) is 11.0. The van der Waals surface area contributed by atoms with Gasteiger partial charge in [0.05, 0.1) is 11.8 Å². The number of Topliss-reactive ketones (excluding diaryl/α,β-unsaturated/α-hetero) is 1. The average Bonchev–Trinajstić information content (AvgIpc) is 3.22. The number of rotatable bonds is 5. The molecule has 3 rings (SSSR count). The lowest BCUT2D eigenvalue weighted by molar-refractivity contribution is -0.140. The molecule has 1 aliphatic rings. The maximum Gasteiger partial charge on any atom is 0.295 e. The summed E-state index contributed by atoms with van der Waals surface area (Å²) < 4.78 is 5.52. The van der Waals surface area contributed by atoms with Crippen molar-refractivity contribution in [1.29, 1.82) is 0 Å². The molecule has 1 N–H and O–H groups in total. The van der Waals surface area contributed by atoms with Crippen LogP contribution in [0.3, 0.4) is 0 Å². The number of furan rings is 1. The zero-order valence-electron chi connectivity index (χ0n) is 16.0. The summed E-state index contributed by atoms with van der Waals surface area (Å²) in [6.45, 7) is 4.72. The van der Waals surface area contributed by atoms with Crippen LogP contribution in [0, 0.1) is 13.8 Å². The van der Waals surface area contributed by atoms with Crippen molar-refractivity contribution in [3.8, 4) is 0 Å². The van der Waals surface area contributed by atoms with E-state index in [1.54, 1.807) is 12.1 Å². The second kappa shape index (κ2) is 7.40. The molecule has 1 saturated heterocycles. The van der Waals surface area contributed by atoms with E-state index in [1.807, 2.05) is 51.0 Å². The molecule has 1 aromatic carbocycles. The van der Waals surface area contributed by atoms with Gasteiger partial charge in [-0.15, -0.1) is 0 Å². The van der Waals surface area contributed by atoms with E-state index < -0.39 is 17.7 Å². The van der Waals surface area contributed by atoms with E-state index in [2.05, 4.69) is 0 Å². The summed E-state index contributed by atoms with van der Waals surface area (Å²) in [5.41, 5.74) is 2.41. The molecule has 27 heavy (non-hydrogen) atoms. The molecule has 2 heterocycles. The number of aryl methyl sites for hydroxylation is 2. The molecule has 2 aromatic rings. The Bertz CT molecular complexity index is 897. The van der Waals surface area contributed by atoms with Crippen LogP contribution >= 0.6 is 0 Å². The molecule has 0 aliphatic carbocycles. The van der Waals surface area contributed by atoms with Crippen LogP contribution in [0.5, 0.6) is 0 Å². The van der Waals surface area contributed by atoms with Crippen LogP contribution in [0.4, 0.5) is 0 Å². The lowest BCUT2D eigenvalue weighted by atomic mass is 9.96. The predicted molar refractivity (Wildman–Crippen MR) is 102 cm³/mol. The fourth-order valence-electron chi connectivity index (χ4n) is 3.30. The van der Waals surface area contributed by atoms with Crippen LogP contribution in [-0.4, -0.2) is 53.8 Å². The van der Waals surface area contributed by atoms with Gasteiger partial charge in [0.25, 0.3) is 11.7 Å². The van der Waals surface area contributed by atoms with Gasteiger partial charge < -0.3 is 19.3 Å². The number of hydrogen-bond donors (Lipinski definition) is 1. The maximum absolute atomic E-state index is 12.8. The van der Waals surface area contributed by atoms with E-state index in [0.717, 1.165) is 11.1 Å². The number of carbonyl (C=O) groups excluding carboxylic acids is 2. The molecule has 0 spiro atoms. The van der Waals surface area contributed by atoms with E-state index in [-0.39, 0.29) is 11.3 Å². The van der Waals surface area contributed by atoms with Gasteiger partial charge in [-0.25, -0.2) is 0 Å². The lowest BCUT2D eigenvalue weighted by Crippen LogP contribution is -2.35. The number of likely N-dealkylation sites (N-methyl/N-ethyl adjacent to an activating group) is 1. The van der Waals surface area contributed by atoms with Crippen LogP contribution in [0.15, 0.2) is 46.6 Å².